The molecule has 3 rings (SSSR count). The summed E-state index contributed by atoms with van der Waals surface area (Å²) in [6.45, 7) is 10.9. The Balaban J connectivity index is 2.19. The minimum atomic E-state index is -0.0229. The maximum absolute atomic E-state index is 4.97. The van der Waals surface area contributed by atoms with Gasteiger partial charge in [-0.2, -0.15) is 0 Å². The van der Waals surface area contributed by atoms with Gasteiger partial charge in [0.25, 0.3) is 0 Å². The number of benzene rings is 1. The monoisotopic (exact) mass is 307 g/mol. The van der Waals surface area contributed by atoms with Crippen molar-refractivity contribution in [2.75, 3.05) is 5.32 Å². The summed E-state index contributed by atoms with van der Waals surface area (Å²) in [7, 11) is 0. The lowest BCUT2D eigenvalue weighted by Crippen LogP contribution is -2.27. The Morgan fingerprint density at radius 3 is 2.39 bits per heavy atom. The first kappa shape index (κ1) is 15.6. The molecule has 1 N–H and O–H groups in total. The van der Waals surface area contributed by atoms with Gasteiger partial charge in [-0.3, -0.25) is 4.40 Å². The zero-order valence-electron chi connectivity index (χ0n) is 14.6. The minimum Gasteiger partial charge on any atom is -0.365 e. The highest BCUT2D eigenvalue weighted by molar-refractivity contribution is 5.61. The van der Waals surface area contributed by atoms with E-state index in [-0.39, 0.29) is 11.5 Å². The van der Waals surface area contributed by atoms with Gasteiger partial charge in [-0.15, -0.1) is 0 Å². The summed E-state index contributed by atoms with van der Waals surface area (Å²) >= 11 is 0. The quantitative estimate of drug-likeness (QED) is 0.737. The summed E-state index contributed by atoms with van der Waals surface area (Å²) in [6, 6.07) is 14.8. The molecule has 1 aromatic carbocycles. The number of aryl methyl sites for hydroxylation is 1. The Kier molecular flexibility index (Phi) is 3.88. The van der Waals surface area contributed by atoms with Crippen molar-refractivity contribution in [2.45, 2.75) is 46.1 Å². The lowest BCUT2D eigenvalue weighted by atomic mass is 9.97. The van der Waals surface area contributed by atoms with Crippen molar-refractivity contribution in [3.8, 4) is 0 Å². The maximum atomic E-state index is 4.97. The topological polar surface area (TPSA) is 29.3 Å². The first-order chi connectivity index (χ1) is 10.9. The number of anilines is 1. The van der Waals surface area contributed by atoms with Gasteiger partial charge in [0.1, 0.15) is 11.5 Å². The van der Waals surface area contributed by atoms with Crippen molar-refractivity contribution in [3.05, 3.63) is 65.5 Å². The highest BCUT2D eigenvalue weighted by Crippen LogP contribution is 2.32. The third-order valence-corrected chi connectivity index (χ3v) is 4.08. The molecule has 0 saturated heterocycles. The second kappa shape index (κ2) is 5.73. The molecule has 3 heteroatoms. The lowest BCUT2D eigenvalue weighted by molar-refractivity contribution is 0.626. The molecule has 0 amide bonds. The predicted octanol–water partition coefficient (Wildman–Crippen LogP) is 5.00. The molecule has 0 bridgehead atoms. The van der Waals surface area contributed by atoms with Crippen LogP contribution in [-0.4, -0.2) is 14.9 Å². The van der Waals surface area contributed by atoms with Crippen molar-refractivity contribution in [2.24, 2.45) is 0 Å². The smallest absolute Gasteiger partial charge is 0.141 e. The van der Waals surface area contributed by atoms with E-state index in [2.05, 4.69) is 93.0 Å². The fourth-order valence-electron chi connectivity index (χ4n) is 2.90. The normalized spacial score (nSPS) is 13.3. The molecule has 1 atom stereocenters. The summed E-state index contributed by atoms with van der Waals surface area (Å²) in [5, 5.41) is 3.65. The molecule has 1 unspecified atom stereocenters. The number of hydrogen-bond donors (Lipinski definition) is 1. The minimum absolute atomic E-state index is 0.0229. The highest BCUT2D eigenvalue weighted by atomic mass is 15.2. The number of fused-ring (bicyclic) bond motifs is 1. The number of hydrogen-bond acceptors (Lipinski definition) is 2. The average Bonchev–Trinajstić information content (AvgIpc) is 2.86. The van der Waals surface area contributed by atoms with Gasteiger partial charge in [0, 0.05) is 17.7 Å². The van der Waals surface area contributed by atoms with Crippen LogP contribution < -0.4 is 5.32 Å². The van der Waals surface area contributed by atoms with Crippen LogP contribution >= 0.6 is 0 Å². The SMILES string of the molecule is Cc1cccn2c(NC(C)(C)C)c(C(C)c3ccccc3)nc12. The Bertz CT molecular complexity index is 810. The van der Waals surface area contributed by atoms with E-state index >= 15 is 0 Å². The Morgan fingerprint density at radius 2 is 1.74 bits per heavy atom. The summed E-state index contributed by atoms with van der Waals surface area (Å²) in [6.07, 6.45) is 2.09. The van der Waals surface area contributed by atoms with Gasteiger partial charge < -0.3 is 5.32 Å². The zero-order chi connectivity index (χ0) is 16.6. The standard InChI is InChI=1S/C20H25N3/c1-14-10-9-13-23-18(14)21-17(19(23)22-20(3,4)5)15(2)16-11-7-6-8-12-16/h6-13,15,22H,1-5H3. The van der Waals surface area contributed by atoms with E-state index in [1.807, 2.05) is 0 Å². The molecule has 120 valence electrons. The molecule has 0 aliphatic carbocycles. The molecule has 0 fully saturated rings. The molecule has 0 spiro atoms. The third-order valence-electron chi connectivity index (χ3n) is 4.08. The molecule has 2 aromatic heterocycles. The van der Waals surface area contributed by atoms with Crippen molar-refractivity contribution >= 4 is 11.5 Å². The van der Waals surface area contributed by atoms with Gasteiger partial charge in [-0.05, 0) is 44.9 Å². The van der Waals surface area contributed by atoms with E-state index in [0.717, 1.165) is 17.2 Å². The predicted molar refractivity (Wildman–Crippen MR) is 97.3 cm³/mol. The van der Waals surface area contributed by atoms with Crippen molar-refractivity contribution in [1.82, 2.24) is 9.38 Å². The van der Waals surface area contributed by atoms with Gasteiger partial charge in [-0.1, -0.05) is 43.3 Å². The van der Waals surface area contributed by atoms with Gasteiger partial charge in [-0.25, -0.2) is 4.98 Å². The van der Waals surface area contributed by atoms with Crippen molar-refractivity contribution in [3.63, 3.8) is 0 Å². The first-order valence-corrected chi connectivity index (χ1v) is 8.17. The average molecular weight is 307 g/mol. The number of pyridine rings is 1. The van der Waals surface area contributed by atoms with Gasteiger partial charge in [0.2, 0.25) is 0 Å². The Hall–Kier alpha value is -2.29. The van der Waals surface area contributed by atoms with Crippen LogP contribution in [0.5, 0.6) is 0 Å². The van der Waals surface area contributed by atoms with E-state index < -0.39 is 0 Å². The Morgan fingerprint density at radius 1 is 1.04 bits per heavy atom. The molecule has 0 aliphatic rings. The highest BCUT2D eigenvalue weighted by Gasteiger charge is 2.23. The zero-order valence-corrected chi connectivity index (χ0v) is 14.6. The largest absolute Gasteiger partial charge is 0.365 e. The van der Waals surface area contributed by atoms with Crippen molar-refractivity contribution in [1.29, 1.82) is 0 Å². The molecule has 3 aromatic rings. The van der Waals surface area contributed by atoms with E-state index in [0.29, 0.717) is 0 Å². The summed E-state index contributed by atoms with van der Waals surface area (Å²) < 4.78 is 2.18. The van der Waals surface area contributed by atoms with E-state index in [1.54, 1.807) is 0 Å². The van der Waals surface area contributed by atoms with E-state index in [1.165, 1.54) is 11.1 Å². The number of nitrogens with zero attached hydrogens (tertiary/aromatic N) is 2. The number of rotatable bonds is 3. The van der Waals surface area contributed by atoms with E-state index in [9.17, 15) is 0 Å². The summed E-state index contributed by atoms with van der Waals surface area (Å²) in [4.78, 5) is 4.97. The summed E-state index contributed by atoms with van der Waals surface area (Å²) in [5.41, 5.74) is 4.57. The van der Waals surface area contributed by atoms with Crippen LogP contribution in [-0.2, 0) is 0 Å². The van der Waals surface area contributed by atoms with Crippen LogP contribution in [0.15, 0.2) is 48.7 Å². The van der Waals surface area contributed by atoms with Gasteiger partial charge >= 0.3 is 0 Å². The first-order valence-electron chi connectivity index (χ1n) is 8.17. The van der Waals surface area contributed by atoms with Gasteiger partial charge in [0.15, 0.2) is 0 Å². The molecule has 0 radical (unpaired) electrons. The number of aromatic nitrogens is 2. The van der Waals surface area contributed by atoms with Crippen LogP contribution in [0.2, 0.25) is 0 Å². The number of nitrogens with one attached hydrogen (secondary N) is 1. The maximum Gasteiger partial charge on any atom is 0.141 e. The summed E-state index contributed by atoms with van der Waals surface area (Å²) in [5.74, 6) is 1.33. The molecule has 3 nitrogen and oxygen atoms in total. The fourth-order valence-corrected chi connectivity index (χ4v) is 2.90. The number of imidazole rings is 1. The van der Waals surface area contributed by atoms with E-state index in [4.69, 9.17) is 4.98 Å². The van der Waals surface area contributed by atoms with Crippen LogP contribution in [0.1, 0.15) is 50.4 Å². The second-order valence-corrected chi connectivity index (χ2v) is 7.24. The molecule has 0 aliphatic heterocycles. The van der Waals surface area contributed by atoms with Crippen LogP contribution in [0.4, 0.5) is 5.82 Å². The van der Waals surface area contributed by atoms with Crippen molar-refractivity contribution < 1.29 is 0 Å². The second-order valence-electron chi connectivity index (χ2n) is 7.24. The fraction of sp³-hybridized carbons (Fsp3) is 0.350. The lowest BCUT2D eigenvalue weighted by Gasteiger charge is -2.24. The van der Waals surface area contributed by atoms with Crippen LogP contribution in [0, 0.1) is 6.92 Å². The molecule has 2 heterocycles. The van der Waals surface area contributed by atoms with Crippen LogP contribution in [0.25, 0.3) is 5.65 Å². The Labute approximate surface area is 138 Å². The molecule has 0 saturated carbocycles. The molecular formula is C20H25N3. The molecule has 23 heavy (non-hydrogen) atoms. The third kappa shape index (κ3) is 3.09. The molecular weight excluding hydrogens is 282 g/mol. The van der Waals surface area contributed by atoms with Gasteiger partial charge in [0.05, 0.1) is 5.69 Å². The van der Waals surface area contributed by atoms with Crippen LogP contribution in [0.3, 0.4) is 0 Å².